The van der Waals surface area contributed by atoms with Gasteiger partial charge in [-0.2, -0.15) is 0 Å². The van der Waals surface area contributed by atoms with E-state index in [4.69, 9.17) is 11.5 Å². The summed E-state index contributed by atoms with van der Waals surface area (Å²) in [7, 11) is 0. The van der Waals surface area contributed by atoms with E-state index in [0.717, 1.165) is 15.7 Å². The lowest BCUT2D eigenvalue weighted by Gasteiger charge is -2.26. The molecule has 2 aromatic carbocycles. The van der Waals surface area contributed by atoms with Gasteiger partial charge in [0, 0.05) is 29.8 Å². The number of amides is 1. The molecule has 0 unspecified atom stereocenters. The molecule has 0 spiro atoms. The Morgan fingerprint density at radius 1 is 1.14 bits per heavy atom. The largest absolute Gasteiger partial charge is 0.366 e. The van der Waals surface area contributed by atoms with Gasteiger partial charge in [0.15, 0.2) is 0 Å². The van der Waals surface area contributed by atoms with Crippen LogP contribution in [0.15, 0.2) is 53.0 Å². The number of carbonyl (C=O) groups is 1. The van der Waals surface area contributed by atoms with Gasteiger partial charge in [-0.05, 0) is 23.8 Å². The summed E-state index contributed by atoms with van der Waals surface area (Å²) in [6.45, 7) is 1.83. The first-order chi connectivity index (χ1) is 10.1. The molecule has 5 heteroatoms. The fourth-order valence-corrected chi connectivity index (χ4v) is 2.59. The average Bonchev–Trinajstić information content (AvgIpc) is 2.48. The molecule has 0 heterocycles. The maximum atomic E-state index is 11.7. The van der Waals surface area contributed by atoms with Gasteiger partial charge in [-0.15, -0.1) is 0 Å². The van der Waals surface area contributed by atoms with Crippen LogP contribution < -0.4 is 16.4 Å². The molecule has 4 N–H and O–H groups in total. The summed E-state index contributed by atoms with van der Waals surface area (Å²) in [5.74, 6) is -0.443. The number of hydrogen-bond donors (Lipinski definition) is 2. The van der Waals surface area contributed by atoms with Gasteiger partial charge >= 0.3 is 0 Å². The average molecular weight is 348 g/mol. The van der Waals surface area contributed by atoms with Gasteiger partial charge < -0.3 is 16.4 Å². The van der Waals surface area contributed by atoms with Crippen molar-refractivity contribution in [2.45, 2.75) is 6.54 Å². The van der Waals surface area contributed by atoms with E-state index >= 15 is 0 Å². The van der Waals surface area contributed by atoms with Crippen molar-refractivity contribution in [3.05, 3.63) is 64.1 Å². The molecule has 4 nitrogen and oxygen atoms in total. The Kier molecular flexibility index (Phi) is 5.36. The Balaban J connectivity index is 2.36. The highest BCUT2D eigenvalue weighted by atomic mass is 79.9. The molecular weight excluding hydrogens is 330 g/mol. The van der Waals surface area contributed by atoms with Crippen LogP contribution in [0, 0.1) is 0 Å². The summed E-state index contributed by atoms with van der Waals surface area (Å²) < 4.78 is 0.826. The summed E-state index contributed by atoms with van der Waals surface area (Å²) >= 11 is 3.37. The molecule has 0 fully saturated rings. The highest BCUT2D eigenvalue weighted by Crippen LogP contribution is 2.25. The first-order valence-electron chi connectivity index (χ1n) is 6.70. The molecule has 0 aliphatic rings. The van der Waals surface area contributed by atoms with Crippen LogP contribution in [-0.2, 0) is 6.54 Å². The molecule has 0 saturated heterocycles. The Bertz CT molecular complexity index is 616. The quantitative estimate of drug-likeness (QED) is 0.843. The number of carbonyl (C=O) groups excluding carboxylic acids is 1. The first-order valence-corrected chi connectivity index (χ1v) is 7.49. The van der Waals surface area contributed by atoms with Crippen molar-refractivity contribution in [2.75, 3.05) is 18.0 Å². The topological polar surface area (TPSA) is 72.3 Å². The van der Waals surface area contributed by atoms with Crippen molar-refractivity contribution in [1.29, 1.82) is 0 Å². The van der Waals surface area contributed by atoms with Crippen molar-refractivity contribution in [1.82, 2.24) is 0 Å². The molecule has 0 aromatic heterocycles. The van der Waals surface area contributed by atoms with Gasteiger partial charge in [0.05, 0.1) is 5.56 Å². The number of nitrogens with zero attached hydrogens (tertiary/aromatic N) is 1. The molecule has 0 saturated carbocycles. The van der Waals surface area contributed by atoms with Crippen molar-refractivity contribution in [3.8, 4) is 0 Å². The van der Waals surface area contributed by atoms with E-state index in [1.165, 1.54) is 0 Å². The third-order valence-corrected chi connectivity index (χ3v) is 3.67. The second-order valence-electron chi connectivity index (χ2n) is 4.72. The standard InChI is InChI=1S/C16H18BrN3O/c17-13-6-7-15(14(10-13)16(19)21)20(9-8-18)11-12-4-2-1-3-5-12/h1-7,10H,8-9,11,18H2,(H2,19,21). The second-order valence-corrected chi connectivity index (χ2v) is 5.64. The van der Waals surface area contributed by atoms with Crippen LogP contribution in [0.2, 0.25) is 0 Å². The highest BCUT2D eigenvalue weighted by Gasteiger charge is 2.15. The zero-order chi connectivity index (χ0) is 15.2. The number of rotatable bonds is 6. The van der Waals surface area contributed by atoms with Crippen LogP contribution in [0.4, 0.5) is 5.69 Å². The molecule has 0 atom stereocenters. The molecular formula is C16H18BrN3O. The summed E-state index contributed by atoms with van der Waals surface area (Å²) in [5.41, 5.74) is 13.7. The fraction of sp³-hybridized carbons (Fsp3) is 0.188. The van der Waals surface area contributed by atoms with E-state index < -0.39 is 5.91 Å². The van der Waals surface area contributed by atoms with E-state index in [2.05, 4.69) is 20.8 Å². The maximum absolute atomic E-state index is 11.7. The number of halogens is 1. The lowest BCUT2D eigenvalue weighted by molar-refractivity contribution is 0.100. The van der Waals surface area contributed by atoms with Gasteiger partial charge in [0.25, 0.3) is 5.91 Å². The van der Waals surface area contributed by atoms with Crippen molar-refractivity contribution < 1.29 is 4.79 Å². The van der Waals surface area contributed by atoms with Crippen LogP contribution in [-0.4, -0.2) is 19.0 Å². The monoisotopic (exact) mass is 347 g/mol. The lowest BCUT2D eigenvalue weighted by Crippen LogP contribution is -2.31. The van der Waals surface area contributed by atoms with Crippen LogP contribution in [0.1, 0.15) is 15.9 Å². The van der Waals surface area contributed by atoms with Crippen LogP contribution in [0.3, 0.4) is 0 Å². The molecule has 0 aliphatic carbocycles. The van der Waals surface area contributed by atoms with E-state index in [1.54, 1.807) is 6.07 Å². The number of hydrogen-bond acceptors (Lipinski definition) is 3. The number of benzene rings is 2. The summed E-state index contributed by atoms with van der Waals surface area (Å²) in [5, 5.41) is 0. The van der Waals surface area contributed by atoms with Gasteiger partial charge in [0.1, 0.15) is 0 Å². The minimum atomic E-state index is -0.443. The van der Waals surface area contributed by atoms with Crippen LogP contribution >= 0.6 is 15.9 Å². The smallest absolute Gasteiger partial charge is 0.250 e. The third-order valence-electron chi connectivity index (χ3n) is 3.18. The molecule has 0 bridgehead atoms. The van der Waals surface area contributed by atoms with Crippen molar-refractivity contribution in [2.24, 2.45) is 11.5 Å². The molecule has 2 rings (SSSR count). The normalized spacial score (nSPS) is 10.4. The van der Waals surface area contributed by atoms with E-state index in [0.29, 0.717) is 25.2 Å². The Morgan fingerprint density at radius 3 is 2.48 bits per heavy atom. The molecule has 2 aromatic rings. The van der Waals surface area contributed by atoms with Gasteiger partial charge in [-0.25, -0.2) is 0 Å². The Labute approximate surface area is 132 Å². The summed E-state index contributed by atoms with van der Waals surface area (Å²) in [6, 6.07) is 15.6. The zero-order valence-corrected chi connectivity index (χ0v) is 13.2. The number of nitrogens with two attached hydrogens (primary N) is 2. The number of primary amides is 1. The minimum Gasteiger partial charge on any atom is -0.366 e. The molecule has 110 valence electrons. The number of anilines is 1. The van der Waals surface area contributed by atoms with E-state index in [-0.39, 0.29) is 0 Å². The third kappa shape index (κ3) is 4.06. The van der Waals surface area contributed by atoms with Gasteiger partial charge in [0.2, 0.25) is 0 Å². The van der Waals surface area contributed by atoms with E-state index in [9.17, 15) is 4.79 Å². The van der Waals surface area contributed by atoms with Crippen molar-refractivity contribution >= 4 is 27.5 Å². The second kappa shape index (κ2) is 7.24. The van der Waals surface area contributed by atoms with Gasteiger partial charge in [-0.1, -0.05) is 46.3 Å². The summed E-state index contributed by atoms with van der Waals surface area (Å²) in [6.07, 6.45) is 0. The SMILES string of the molecule is NCCN(Cc1ccccc1)c1ccc(Br)cc1C(N)=O. The lowest BCUT2D eigenvalue weighted by atomic mass is 10.1. The highest BCUT2D eigenvalue weighted by molar-refractivity contribution is 9.10. The van der Waals surface area contributed by atoms with Crippen molar-refractivity contribution in [3.63, 3.8) is 0 Å². The van der Waals surface area contributed by atoms with E-state index in [1.807, 2.05) is 42.5 Å². The first kappa shape index (κ1) is 15.5. The maximum Gasteiger partial charge on any atom is 0.250 e. The molecule has 1 amide bonds. The Hall–Kier alpha value is -1.85. The molecule has 0 radical (unpaired) electrons. The van der Waals surface area contributed by atoms with Gasteiger partial charge in [-0.3, -0.25) is 4.79 Å². The van der Waals surface area contributed by atoms with Crippen LogP contribution in [0.5, 0.6) is 0 Å². The molecule has 0 aliphatic heterocycles. The molecule has 21 heavy (non-hydrogen) atoms. The van der Waals surface area contributed by atoms with Crippen LogP contribution in [0.25, 0.3) is 0 Å². The minimum absolute atomic E-state index is 0.443. The zero-order valence-electron chi connectivity index (χ0n) is 11.6. The predicted octanol–water partition coefficient (Wildman–Crippen LogP) is 2.51. The fourth-order valence-electron chi connectivity index (χ4n) is 2.23. The summed E-state index contributed by atoms with van der Waals surface area (Å²) in [4.78, 5) is 13.7. The Morgan fingerprint density at radius 2 is 1.86 bits per heavy atom. The predicted molar refractivity (Wildman–Crippen MR) is 89.2 cm³/mol.